The van der Waals surface area contributed by atoms with E-state index >= 15 is 0 Å². The van der Waals surface area contributed by atoms with Crippen LogP contribution in [0.4, 0.5) is 0 Å². The first-order chi connectivity index (χ1) is 10.00. The summed E-state index contributed by atoms with van der Waals surface area (Å²) in [6, 6.07) is 9.62. The maximum Gasteiger partial charge on any atom is 0.255 e. The maximum absolute atomic E-state index is 12.4. The summed E-state index contributed by atoms with van der Waals surface area (Å²) in [5.74, 6) is -0.160. The van der Waals surface area contributed by atoms with Gasteiger partial charge in [0.2, 0.25) is 0 Å². The van der Waals surface area contributed by atoms with Gasteiger partial charge in [-0.05, 0) is 6.42 Å². The lowest BCUT2D eigenvalue weighted by atomic mass is 9.64. The molecule has 1 heterocycles. The maximum atomic E-state index is 12.4. The molecule has 21 heavy (non-hydrogen) atoms. The molecule has 2 atom stereocenters. The van der Waals surface area contributed by atoms with Crippen molar-refractivity contribution in [3.63, 3.8) is 0 Å². The Balaban J connectivity index is 1.80. The molecule has 1 fully saturated rings. The number of hydrogen-bond donors (Lipinski definition) is 3. The van der Waals surface area contributed by atoms with Crippen molar-refractivity contribution in [2.24, 2.45) is 5.41 Å². The summed E-state index contributed by atoms with van der Waals surface area (Å²) in [4.78, 5) is 12.4. The van der Waals surface area contributed by atoms with Gasteiger partial charge in [-0.15, -0.1) is 0 Å². The Morgan fingerprint density at radius 3 is 2.71 bits per heavy atom. The minimum atomic E-state index is -0.360. The van der Waals surface area contributed by atoms with Crippen molar-refractivity contribution in [2.45, 2.75) is 32.4 Å². The molecule has 3 N–H and O–H groups in total. The average molecular weight is 285 g/mol. The van der Waals surface area contributed by atoms with Crippen LogP contribution in [0, 0.1) is 5.41 Å². The smallest absolute Gasteiger partial charge is 0.255 e. The molecule has 0 bridgehead atoms. The van der Waals surface area contributed by atoms with Crippen LogP contribution >= 0.6 is 0 Å². The summed E-state index contributed by atoms with van der Waals surface area (Å²) >= 11 is 0. The van der Waals surface area contributed by atoms with E-state index in [1.807, 2.05) is 44.2 Å². The molecule has 1 aliphatic rings. The number of amides is 1. The minimum Gasteiger partial charge on any atom is -0.392 e. The Bertz CT molecular complexity index is 649. The van der Waals surface area contributed by atoms with Gasteiger partial charge >= 0.3 is 0 Å². The third-order valence-corrected chi connectivity index (χ3v) is 4.47. The molecule has 2 aromatic rings. The van der Waals surface area contributed by atoms with Crippen LogP contribution in [0.1, 0.15) is 30.6 Å². The van der Waals surface area contributed by atoms with Crippen molar-refractivity contribution in [1.82, 2.24) is 15.5 Å². The number of aromatic nitrogens is 2. The van der Waals surface area contributed by atoms with Crippen LogP contribution in [0.25, 0.3) is 11.3 Å². The molecule has 1 aromatic carbocycles. The zero-order valence-electron chi connectivity index (χ0n) is 12.1. The second kappa shape index (κ2) is 5.00. The van der Waals surface area contributed by atoms with E-state index in [9.17, 15) is 9.90 Å². The molecule has 2 unspecified atom stereocenters. The van der Waals surface area contributed by atoms with Gasteiger partial charge in [-0.2, -0.15) is 5.10 Å². The van der Waals surface area contributed by atoms with E-state index in [4.69, 9.17) is 0 Å². The van der Waals surface area contributed by atoms with Gasteiger partial charge in [-0.25, -0.2) is 0 Å². The zero-order valence-corrected chi connectivity index (χ0v) is 12.1. The highest BCUT2D eigenvalue weighted by Crippen LogP contribution is 2.40. The monoisotopic (exact) mass is 285 g/mol. The van der Waals surface area contributed by atoms with Crippen molar-refractivity contribution in [1.29, 1.82) is 0 Å². The number of carbonyl (C=O) groups excluding carboxylic acids is 1. The van der Waals surface area contributed by atoms with E-state index in [2.05, 4.69) is 15.5 Å². The molecule has 0 radical (unpaired) electrons. The minimum absolute atomic E-state index is 0.0153. The van der Waals surface area contributed by atoms with Gasteiger partial charge in [0.1, 0.15) is 0 Å². The molecular weight excluding hydrogens is 266 g/mol. The number of benzene rings is 1. The Hall–Kier alpha value is -2.14. The normalized spacial score (nSPS) is 23.4. The van der Waals surface area contributed by atoms with Gasteiger partial charge in [0, 0.05) is 17.0 Å². The number of carbonyl (C=O) groups is 1. The van der Waals surface area contributed by atoms with Crippen molar-refractivity contribution in [3.8, 4) is 11.3 Å². The second-order valence-corrected chi connectivity index (χ2v) is 6.12. The Labute approximate surface area is 123 Å². The first kappa shape index (κ1) is 13.8. The molecule has 1 amide bonds. The average Bonchev–Trinajstić information content (AvgIpc) is 2.97. The van der Waals surface area contributed by atoms with Gasteiger partial charge in [0.15, 0.2) is 0 Å². The molecule has 1 saturated carbocycles. The third kappa shape index (κ3) is 2.34. The predicted octanol–water partition coefficient (Wildman–Crippen LogP) is 1.97. The van der Waals surface area contributed by atoms with Gasteiger partial charge in [-0.3, -0.25) is 9.89 Å². The third-order valence-electron chi connectivity index (χ3n) is 4.47. The lowest BCUT2D eigenvalue weighted by molar-refractivity contribution is -0.0689. The number of aliphatic hydroxyl groups excluding tert-OH is 1. The number of aliphatic hydroxyl groups is 1. The van der Waals surface area contributed by atoms with Crippen LogP contribution in [0.2, 0.25) is 0 Å². The molecule has 1 aromatic heterocycles. The van der Waals surface area contributed by atoms with Crippen LogP contribution in [0.15, 0.2) is 36.5 Å². The summed E-state index contributed by atoms with van der Waals surface area (Å²) in [5.41, 5.74) is 1.88. The Morgan fingerprint density at radius 1 is 1.38 bits per heavy atom. The van der Waals surface area contributed by atoms with E-state index in [1.54, 1.807) is 6.20 Å². The summed E-state index contributed by atoms with van der Waals surface area (Å²) in [6.07, 6.45) is 1.78. The number of hydrogen-bond acceptors (Lipinski definition) is 3. The van der Waals surface area contributed by atoms with Gasteiger partial charge in [0.25, 0.3) is 5.91 Å². The summed E-state index contributed by atoms with van der Waals surface area (Å²) < 4.78 is 0. The van der Waals surface area contributed by atoms with Crippen LogP contribution in [-0.2, 0) is 0 Å². The van der Waals surface area contributed by atoms with Crippen molar-refractivity contribution >= 4 is 5.91 Å². The first-order valence-electron chi connectivity index (χ1n) is 7.08. The molecule has 110 valence electrons. The SMILES string of the molecule is CC1(C)C(O)CC1NC(=O)c1cn[nH]c1-c1ccccc1. The van der Waals surface area contributed by atoms with E-state index in [0.717, 1.165) is 5.56 Å². The van der Waals surface area contributed by atoms with Gasteiger partial charge in [-0.1, -0.05) is 44.2 Å². The first-order valence-corrected chi connectivity index (χ1v) is 7.08. The molecule has 0 spiro atoms. The summed E-state index contributed by atoms with van der Waals surface area (Å²) in [5, 5.41) is 19.6. The molecule has 3 rings (SSSR count). The van der Waals surface area contributed by atoms with Crippen molar-refractivity contribution < 1.29 is 9.90 Å². The summed E-state index contributed by atoms with van der Waals surface area (Å²) in [6.45, 7) is 3.92. The number of nitrogens with zero attached hydrogens (tertiary/aromatic N) is 1. The molecular formula is C16H19N3O2. The fraction of sp³-hybridized carbons (Fsp3) is 0.375. The highest BCUT2D eigenvalue weighted by molar-refractivity contribution is 6.00. The Kier molecular flexibility index (Phi) is 3.29. The fourth-order valence-electron chi connectivity index (χ4n) is 2.67. The molecule has 0 aliphatic heterocycles. The van der Waals surface area contributed by atoms with Crippen LogP contribution in [0.5, 0.6) is 0 Å². The number of H-pyrrole nitrogens is 1. The van der Waals surface area contributed by atoms with Crippen LogP contribution in [0.3, 0.4) is 0 Å². The standard InChI is InChI=1S/C16H19N3O2/c1-16(2)12(8-13(16)20)18-15(21)11-9-17-19-14(11)10-6-4-3-5-7-10/h3-7,9,12-13,20H,8H2,1-2H3,(H,17,19)(H,18,21). The van der Waals surface area contributed by atoms with E-state index in [0.29, 0.717) is 17.7 Å². The quantitative estimate of drug-likeness (QED) is 0.806. The van der Waals surface area contributed by atoms with E-state index < -0.39 is 0 Å². The highest BCUT2D eigenvalue weighted by Gasteiger charge is 2.48. The molecule has 5 nitrogen and oxygen atoms in total. The topological polar surface area (TPSA) is 78.0 Å². The molecule has 0 saturated heterocycles. The van der Waals surface area contributed by atoms with Crippen LogP contribution in [-0.4, -0.2) is 33.4 Å². The fourth-order valence-corrected chi connectivity index (χ4v) is 2.67. The molecule has 5 heteroatoms. The number of rotatable bonds is 3. The lowest BCUT2D eigenvalue weighted by Gasteiger charge is -2.49. The van der Waals surface area contributed by atoms with E-state index in [1.165, 1.54) is 0 Å². The predicted molar refractivity (Wildman–Crippen MR) is 79.7 cm³/mol. The van der Waals surface area contributed by atoms with Crippen molar-refractivity contribution in [3.05, 3.63) is 42.1 Å². The zero-order chi connectivity index (χ0) is 15.0. The molecule has 1 aliphatic carbocycles. The van der Waals surface area contributed by atoms with Gasteiger partial charge in [0.05, 0.1) is 23.6 Å². The highest BCUT2D eigenvalue weighted by atomic mass is 16.3. The van der Waals surface area contributed by atoms with E-state index in [-0.39, 0.29) is 23.5 Å². The largest absolute Gasteiger partial charge is 0.392 e. The van der Waals surface area contributed by atoms with Crippen molar-refractivity contribution in [2.75, 3.05) is 0 Å². The Morgan fingerprint density at radius 2 is 2.10 bits per heavy atom. The number of aromatic amines is 1. The second-order valence-electron chi connectivity index (χ2n) is 6.12. The summed E-state index contributed by atoms with van der Waals surface area (Å²) in [7, 11) is 0. The van der Waals surface area contributed by atoms with Gasteiger partial charge < -0.3 is 10.4 Å². The number of nitrogens with one attached hydrogen (secondary N) is 2. The lowest BCUT2D eigenvalue weighted by Crippen LogP contribution is -2.61. The van der Waals surface area contributed by atoms with Crippen LogP contribution < -0.4 is 5.32 Å².